The van der Waals surface area contributed by atoms with Crippen molar-refractivity contribution in [2.45, 2.75) is 32.6 Å². The number of rotatable bonds is 3. The van der Waals surface area contributed by atoms with Gasteiger partial charge in [0.05, 0.1) is 12.5 Å². The fraction of sp³-hybridized carbons (Fsp3) is 0.462. The van der Waals surface area contributed by atoms with Gasteiger partial charge in [0, 0.05) is 20.4 Å². The summed E-state index contributed by atoms with van der Waals surface area (Å²) in [6, 6.07) is 0. The summed E-state index contributed by atoms with van der Waals surface area (Å²) >= 11 is 0. The van der Waals surface area contributed by atoms with E-state index < -0.39 is 23.6 Å². The molecule has 1 saturated heterocycles. The summed E-state index contributed by atoms with van der Waals surface area (Å²) in [4.78, 5) is 35.8. The van der Waals surface area contributed by atoms with E-state index in [0.717, 1.165) is 0 Å². The molecule has 1 aliphatic heterocycles. The Labute approximate surface area is 174 Å². The molecular formula is C13H16KN5O4. The van der Waals surface area contributed by atoms with Crippen molar-refractivity contribution in [1.82, 2.24) is 19.5 Å². The molecule has 0 saturated carbocycles. The van der Waals surface area contributed by atoms with Gasteiger partial charge in [0.15, 0.2) is 11.6 Å². The summed E-state index contributed by atoms with van der Waals surface area (Å²) in [5, 5.41) is 0. The van der Waals surface area contributed by atoms with Crippen molar-refractivity contribution in [3.05, 3.63) is 12.5 Å². The molecule has 1 fully saturated rings. The molecular weight excluding hydrogens is 329 g/mol. The molecule has 0 aromatic carbocycles. The van der Waals surface area contributed by atoms with Gasteiger partial charge in [-0.15, -0.1) is 0 Å². The molecule has 0 bridgehead atoms. The number of fused-ring (bicyclic) bond motifs is 1. The Balaban J connectivity index is 0.00000192. The maximum absolute atomic E-state index is 11.9. The van der Waals surface area contributed by atoms with Gasteiger partial charge in [0.1, 0.15) is 5.52 Å². The molecule has 0 unspecified atom stereocenters. The molecule has 2 aromatic heterocycles. The number of esters is 2. The average Bonchev–Trinajstić information content (AvgIpc) is 2.78. The van der Waals surface area contributed by atoms with Crippen LogP contribution >= 0.6 is 0 Å². The molecule has 0 amide bonds. The van der Waals surface area contributed by atoms with Gasteiger partial charge in [0.25, 0.3) is 5.79 Å². The van der Waals surface area contributed by atoms with Crippen molar-refractivity contribution in [2.24, 2.45) is 5.92 Å². The van der Waals surface area contributed by atoms with Crippen LogP contribution in [-0.4, -0.2) is 88.6 Å². The number of carbonyl (C=O) groups excluding carboxylic acids is 2. The van der Waals surface area contributed by atoms with Crippen LogP contribution in [-0.2, 0) is 25.6 Å². The number of aromatic nitrogens is 4. The zero-order valence-electron chi connectivity index (χ0n) is 12.1. The van der Waals surface area contributed by atoms with Crippen LogP contribution in [0.15, 0.2) is 12.5 Å². The molecule has 9 nitrogen and oxygen atoms in total. The molecule has 2 aromatic rings. The average molecular weight is 345 g/mol. The van der Waals surface area contributed by atoms with E-state index in [1.54, 1.807) is 17.1 Å². The molecule has 0 radical (unpaired) electrons. The first-order valence-electron chi connectivity index (χ1n) is 6.75. The number of nitrogen functional groups attached to an aromatic ring is 1. The van der Waals surface area contributed by atoms with E-state index >= 15 is 0 Å². The summed E-state index contributed by atoms with van der Waals surface area (Å²) < 4.78 is 11.9. The number of carbonyl (C=O) groups is 2. The first-order valence-corrected chi connectivity index (χ1v) is 6.75. The number of nitrogens with two attached hydrogens (primary N) is 1. The van der Waals surface area contributed by atoms with Gasteiger partial charge in [-0.2, -0.15) is 4.98 Å². The molecule has 2 N–H and O–H groups in total. The third-order valence-electron chi connectivity index (χ3n) is 3.32. The second kappa shape index (κ2) is 6.81. The molecule has 3 rings (SSSR count). The minimum atomic E-state index is -1.21. The molecule has 1 aliphatic rings. The van der Waals surface area contributed by atoms with Crippen LogP contribution in [0.5, 0.6) is 0 Å². The molecule has 118 valence electrons. The van der Waals surface area contributed by atoms with Crippen LogP contribution in [0.25, 0.3) is 11.2 Å². The SMILES string of the molecule is CC1(C)OC(=O)C(CCn2cnc3nc(N)ncc32)C(=O)O1.[KH]. The monoisotopic (exact) mass is 345 g/mol. The summed E-state index contributed by atoms with van der Waals surface area (Å²) in [6.45, 7) is 3.41. The van der Waals surface area contributed by atoms with Crippen molar-refractivity contribution in [2.75, 3.05) is 5.73 Å². The van der Waals surface area contributed by atoms with Crippen LogP contribution < -0.4 is 5.73 Å². The molecule has 3 heterocycles. The number of imidazole rings is 1. The Morgan fingerprint density at radius 1 is 1.26 bits per heavy atom. The van der Waals surface area contributed by atoms with Crippen molar-refractivity contribution in [3.8, 4) is 0 Å². The van der Waals surface area contributed by atoms with Crippen molar-refractivity contribution < 1.29 is 19.1 Å². The van der Waals surface area contributed by atoms with Gasteiger partial charge in [-0.05, 0) is 6.42 Å². The van der Waals surface area contributed by atoms with Gasteiger partial charge in [0.2, 0.25) is 5.95 Å². The third kappa shape index (κ3) is 3.88. The van der Waals surface area contributed by atoms with Gasteiger partial charge in [-0.25, -0.2) is 9.97 Å². The number of nitrogens with zero attached hydrogens (tertiary/aromatic N) is 4. The first-order chi connectivity index (χ1) is 10.4. The molecule has 0 spiro atoms. The Morgan fingerprint density at radius 3 is 2.57 bits per heavy atom. The van der Waals surface area contributed by atoms with E-state index in [9.17, 15) is 9.59 Å². The van der Waals surface area contributed by atoms with E-state index in [2.05, 4.69) is 15.0 Å². The predicted octanol–water partition coefficient (Wildman–Crippen LogP) is -0.398. The van der Waals surface area contributed by atoms with Crippen LogP contribution in [0, 0.1) is 5.92 Å². The van der Waals surface area contributed by atoms with Crippen LogP contribution in [0.4, 0.5) is 5.95 Å². The summed E-state index contributed by atoms with van der Waals surface area (Å²) in [5.74, 6) is -3.17. The van der Waals surface area contributed by atoms with Crippen molar-refractivity contribution in [1.29, 1.82) is 0 Å². The second-order valence-corrected chi connectivity index (χ2v) is 5.46. The van der Waals surface area contributed by atoms with Crippen LogP contribution in [0.2, 0.25) is 0 Å². The number of aryl methyl sites for hydroxylation is 1. The van der Waals surface area contributed by atoms with E-state index in [4.69, 9.17) is 15.2 Å². The number of cyclic esters (lactones) is 2. The topological polar surface area (TPSA) is 122 Å². The summed E-state index contributed by atoms with van der Waals surface area (Å²) in [7, 11) is 0. The number of hydrogen-bond donors (Lipinski definition) is 1. The Hall–Kier alpha value is -1.07. The fourth-order valence-electron chi connectivity index (χ4n) is 2.29. The standard InChI is InChI=1S/C13H15N5O4.K.H/c1-13(2)21-10(19)7(11(20)22-13)3-4-18-6-16-9-8(18)5-15-12(14)17-9;;/h5-7H,3-4H2,1-2H3,(H2,14,15,17);;. The van der Waals surface area contributed by atoms with E-state index in [1.807, 2.05) is 0 Å². The number of ether oxygens (including phenoxy) is 2. The van der Waals surface area contributed by atoms with Crippen molar-refractivity contribution >= 4 is 80.4 Å². The van der Waals surface area contributed by atoms with E-state index in [0.29, 0.717) is 17.7 Å². The van der Waals surface area contributed by atoms with Gasteiger partial charge < -0.3 is 19.8 Å². The predicted molar refractivity (Wildman–Crippen MR) is 81.3 cm³/mol. The Bertz CT molecular complexity index is 740. The number of hydrogen-bond acceptors (Lipinski definition) is 8. The van der Waals surface area contributed by atoms with Crippen LogP contribution in [0.1, 0.15) is 20.3 Å². The molecule has 23 heavy (non-hydrogen) atoms. The van der Waals surface area contributed by atoms with E-state index in [1.165, 1.54) is 13.8 Å². The van der Waals surface area contributed by atoms with Crippen LogP contribution in [0.3, 0.4) is 0 Å². The Morgan fingerprint density at radius 2 is 1.91 bits per heavy atom. The first kappa shape index (κ1) is 18.3. The third-order valence-corrected chi connectivity index (χ3v) is 3.32. The van der Waals surface area contributed by atoms with Crippen molar-refractivity contribution in [3.63, 3.8) is 0 Å². The second-order valence-electron chi connectivity index (χ2n) is 5.46. The zero-order valence-corrected chi connectivity index (χ0v) is 12.1. The Kier molecular flexibility index (Phi) is 5.41. The van der Waals surface area contributed by atoms with E-state index in [-0.39, 0.29) is 63.8 Å². The molecule has 0 atom stereocenters. The molecule has 0 aliphatic carbocycles. The van der Waals surface area contributed by atoms with Gasteiger partial charge in [-0.1, -0.05) is 0 Å². The normalized spacial score (nSPS) is 17.5. The summed E-state index contributed by atoms with van der Waals surface area (Å²) in [5.41, 5.74) is 6.63. The zero-order chi connectivity index (χ0) is 15.9. The molecule has 10 heteroatoms. The number of anilines is 1. The summed E-state index contributed by atoms with van der Waals surface area (Å²) in [6.07, 6.45) is 3.34. The van der Waals surface area contributed by atoms with Gasteiger partial charge >= 0.3 is 63.3 Å². The van der Waals surface area contributed by atoms with Gasteiger partial charge in [-0.3, -0.25) is 9.59 Å². The fourth-order valence-corrected chi connectivity index (χ4v) is 2.29. The quantitative estimate of drug-likeness (QED) is 0.453. The minimum absolute atomic E-state index is 0. The maximum atomic E-state index is 11.9.